The first kappa shape index (κ1) is 12.8. The van der Waals surface area contributed by atoms with Crippen LogP contribution in [-0.4, -0.2) is 21.9 Å². The lowest BCUT2D eigenvalue weighted by atomic mass is 10.1. The highest BCUT2D eigenvalue weighted by Gasteiger charge is 2.17. The molecule has 2 N–H and O–H groups in total. The number of rotatable bonds is 5. The van der Waals surface area contributed by atoms with Crippen molar-refractivity contribution in [3.63, 3.8) is 0 Å². The van der Waals surface area contributed by atoms with Gasteiger partial charge in [-0.05, 0) is 17.4 Å². The van der Waals surface area contributed by atoms with Crippen molar-refractivity contribution < 1.29 is 9.72 Å². The highest BCUT2D eigenvalue weighted by atomic mass is 16.6. The summed E-state index contributed by atoms with van der Waals surface area (Å²) in [7, 11) is 0. The predicted molar refractivity (Wildman–Crippen MR) is 62.4 cm³/mol. The number of carbonyl (C=O) groups is 1. The van der Waals surface area contributed by atoms with E-state index >= 15 is 0 Å². The van der Waals surface area contributed by atoms with Crippen LogP contribution < -0.4 is 5.32 Å². The van der Waals surface area contributed by atoms with Crippen LogP contribution in [0.1, 0.15) is 30.3 Å². The first-order valence-electron chi connectivity index (χ1n) is 5.16. The third kappa shape index (κ3) is 3.34. The molecule has 0 fully saturated rings. The average molecular weight is 235 g/mol. The topological polar surface area (TPSA) is 88.0 Å². The van der Waals surface area contributed by atoms with Crippen molar-refractivity contribution in [3.8, 4) is 12.3 Å². The molecule has 1 unspecified atom stereocenters. The maximum Gasteiger partial charge on any atom is 0.321 e. The second kappa shape index (κ2) is 5.70. The summed E-state index contributed by atoms with van der Waals surface area (Å²) in [4.78, 5) is 24.0. The van der Waals surface area contributed by atoms with Gasteiger partial charge in [0, 0.05) is 18.5 Å². The second-order valence-electron chi connectivity index (χ2n) is 3.50. The van der Waals surface area contributed by atoms with Gasteiger partial charge in [-0.15, -0.1) is 12.3 Å². The Hall–Kier alpha value is -2.29. The fourth-order valence-corrected chi connectivity index (χ4v) is 1.33. The van der Waals surface area contributed by atoms with E-state index in [2.05, 4.69) is 16.2 Å². The predicted octanol–water partition coefficient (Wildman–Crippen LogP) is 1.45. The summed E-state index contributed by atoms with van der Waals surface area (Å²) in [6.07, 6.45) is 6.31. The Kier molecular flexibility index (Phi) is 4.29. The average Bonchev–Trinajstić information content (AvgIpc) is 2.77. The summed E-state index contributed by atoms with van der Waals surface area (Å²) in [5, 5.41) is 13.1. The third-order valence-corrected chi connectivity index (χ3v) is 2.30. The van der Waals surface area contributed by atoms with E-state index in [9.17, 15) is 14.9 Å². The van der Waals surface area contributed by atoms with Crippen LogP contribution >= 0.6 is 0 Å². The number of terminal acetylenes is 1. The van der Waals surface area contributed by atoms with Crippen LogP contribution in [0.4, 0.5) is 5.82 Å². The van der Waals surface area contributed by atoms with Gasteiger partial charge in [-0.2, -0.15) is 0 Å². The smallest absolute Gasteiger partial charge is 0.321 e. The molecule has 1 aromatic rings. The number of hydrogen-bond acceptors (Lipinski definition) is 3. The van der Waals surface area contributed by atoms with Crippen LogP contribution in [0.15, 0.2) is 12.1 Å². The van der Waals surface area contributed by atoms with Gasteiger partial charge in [0.2, 0.25) is 0 Å². The molecule has 1 rings (SSSR count). The number of amides is 1. The largest absolute Gasteiger partial charge is 0.358 e. The molecule has 17 heavy (non-hydrogen) atoms. The van der Waals surface area contributed by atoms with Crippen LogP contribution in [0.25, 0.3) is 0 Å². The molecule has 6 nitrogen and oxygen atoms in total. The van der Waals surface area contributed by atoms with Gasteiger partial charge in [-0.3, -0.25) is 4.79 Å². The Morgan fingerprint density at radius 2 is 2.41 bits per heavy atom. The van der Waals surface area contributed by atoms with E-state index < -0.39 is 4.92 Å². The number of hydrogen-bond donors (Lipinski definition) is 2. The van der Waals surface area contributed by atoms with Crippen molar-refractivity contribution in [1.29, 1.82) is 0 Å². The fourth-order valence-electron chi connectivity index (χ4n) is 1.33. The van der Waals surface area contributed by atoms with Crippen LogP contribution in [0, 0.1) is 22.5 Å². The fraction of sp³-hybridized carbons (Fsp3) is 0.364. The molecule has 0 radical (unpaired) electrons. The van der Waals surface area contributed by atoms with E-state index in [-0.39, 0.29) is 23.5 Å². The molecule has 0 aromatic carbocycles. The molecule has 1 amide bonds. The molecule has 1 aromatic heterocycles. The highest BCUT2D eigenvalue weighted by molar-refractivity contribution is 5.93. The number of carbonyl (C=O) groups excluding carboxylic acids is 1. The van der Waals surface area contributed by atoms with Crippen molar-refractivity contribution in [3.05, 3.63) is 27.9 Å². The molecule has 0 saturated carbocycles. The van der Waals surface area contributed by atoms with Crippen molar-refractivity contribution >= 4 is 11.7 Å². The van der Waals surface area contributed by atoms with E-state index in [1.165, 1.54) is 12.1 Å². The van der Waals surface area contributed by atoms with Gasteiger partial charge in [-0.1, -0.05) is 6.92 Å². The molecule has 0 aliphatic heterocycles. The van der Waals surface area contributed by atoms with Crippen LogP contribution in [0.5, 0.6) is 0 Å². The summed E-state index contributed by atoms with van der Waals surface area (Å²) in [5.41, 5.74) is 0.159. The standard InChI is InChI=1S/C11H13N3O3/c1-3-5-8(4-2)12-11(15)9-6-7-10(13-9)14(16)17/h1,6-8,13H,4-5H2,2H3,(H,12,15). The number of aromatic nitrogens is 1. The molecule has 1 heterocycles. The lowest BCUT2D eigenvalue weighted by Gasteiger charge is -2.12. The molecule has 0 aliphatic carbocycles. The Balaban J connectivity index is 2.69. The van der Waals surface area contributed by atoms with Crippen molar-refractivity contribution in [1.82, 2.24) is 10.3 Å². The number of aromatic amines is 1. The first-order chi connectivity index (χ1) is 8.08. The van der Waals surface area contributed by atoms with Gasteiger partial charge in [0.05, 0.1) is 0 Å². The normalized spacial score (nSPS) is 11.5. The van der Waals surface area contributed by atoms with Gasteiger partial charge < -0.3 is 15.4 Å². The lowest BCUT2D eigenvalue weighted by molar-refractivity contribution is -0.389. The molecule has 0 saturated heterocycles. The van der Waals surface area contributed by atoms with Gasteiger partial charge in [-0.25, -0.2) is 4.98 Å². The SMILES string of the molecule is C#CCC(CC)NC(=O)c1ccc([N+](=O)[O-])[nH]1. The molecule has 6 heteroatoms. The first-order valence-corrected chi connectivity index (χ1v) is 5.16. The summed E-state index contributed by atoms with van der Waals surface area (Å²) in [5.74, 6) is 1.87. The minimum atomic E-state index is -0.588. The minimum Gasteiger partial charge on any atom is -0.358 e. The summed E-state index contributed by atoms with van der Waals surface area (Å²) >= 11 is 0. The Morgan fingerprint density at radius 1 is 1.71 bits per heavy atom. The van der Waals surface area contributed by atoms with Crippen LogP contribution in [0.3, 0.4) is 0 Å². The van der Waals surface area contributed by atoms with Crippen LogP contribution in [0.2, 0.25) is 0 Å². The van der Waals surface area contributed by atoms with E-state index in [0.717, 1.165) is 0 Å². The molecular formula is C11H13N3O3. The van der Waals surface area contributed by atoms with Gasteiger partial charge in [0.25, 0.3) is 5.91 Å². The second-order valence-corrected chi connectivity index (χ2v) is 3.50. The number of nitro groups is 1. The number of H-pyrrole nitrogens is 1. The highest BCUT2D eigenvalue weighted by Crippen LogP contribution is 2.10. The summed E-state index contributed by atoms with van der Waals surface area (Å²) in [6, 6.07) is 2.50. The van der Waals surface area contributed by atoms with Crippen LogP contribution in [-0.2, 0) is 0 Å². The summed E-state index contributed by atoms with van der Waals surface area (Å²) < 4.78 is 0. The van der Waals surface area contributed by atoms with Crippen molar-refractivity contribution in [2.24, 2.45) is 0 Å². The third-order valence-electron chi connectivity index (χ3n) is 2.30. The van der Waals surface area contributed by atoms with E-state index in [0.29, 0.717) is 12.8 Å². The Labute approximate surface area is 98.6 Å². The Bertz CT molecular complexity index is 459. The lowest BCUT2D eigenvalue weighted by Crippen LogP contribution is -2.34. The number of nitrogens with zero attached hydrogens (tertiary/aromatic N) is 1. The van der Waals surface area contributed by atoms with Gasteiger partial charge >= 0.3 is 5.82 Å². The maximum atomic E-state index is 11.7. The van der Waals surface area contributed by atoms with E-state index in [1.54, 1.807) is 0 Å². The maximum absolute atomic E-state index is 11.7. The Morgan fingerprint density at radius 3 is 2.88 bits per heavy atom. The minimum absolute atomic E-state index is 0.116. The molecule has 0 aliphatic rings. The molecular weight excluding hydrogens is 222 g/mol. The van der Waals surface area contributed by atoms with E-state index in [1.807, 2.05) is 6.92 Å². The zero-order valence-electron chi connectivity index (χ0n) is 9.40. The molecule has 90 valence electrons. The van der Waals surface area contributed by atoms with Crippen molar-refractivity contribution in [2.45, 2.75) is 25.8 Å². The quantitative estimate of drug-likeness (QED) is 0.460. The number of nitrogens with one attached hydrogen (secondary N) is 2. The van der Waals surface area contributed by atoms with Crippen molar-refractivity contribution in [2.75, 3.05) is 0 Å². The van der Waals surface area contributed by atoms with Gasteiger partial charge in [0.15, 0.2) is 5.69 Å². The molecule has 1 atom stereocenters. The zero-order chi connectivity index (χ0) is 12.8. The zero-order valence-corrected chi connectivity index (χ0v) is 9.40. The monoisotopic (exact) mass is 235 g/mol. The van der Waals surface area contributed by atoms with E-state index in [4.69, 9.17) is 6.42 Å². The summed E-state index contributed by atoms with van der Waals surface area (Å²) in [6.45, 7) is 1.90. The molecule has 0 bridgehead atoms. The molecule has 0 spiro atoms. The van der Waals surface area contributed by atoms with Gasteiger partial charge in [0.1, 0.15) is 0 Å².